The lowest BCUT2D eigenvalue weighted by atomic mass is 10.2. The topological polar surface area (TPSA) is 15.3 Å². The standard InChI is InChI=1S/C6H15N2P/c1-5-3-8(9)4-6(2)7-5/h5-7H,3-4,9H2,1-2H3. The van der Waals surface area contributed by atoms with Crippen LogP contribution in [-0.4, -0.2) is 29.8 Å². The molecule has 1 aliphatic heterocycles. The highest BCUT2D eigenvalue weighted by Crippen LogP contribution is 2.07. The van der Waals surface area contributed by atoms with Gasteiger partial charge < -0.3 is 5.32 Å². The van der Waals surface area contributed by atoms with E-state index in [1.54, 1.807) is 0 Å². The van der Waals surface area contributed by atoms with E-state index in [0.717, 1.165) is 13.1 Å². The van der Waals surface area contributed by atoms with Crippen molar-refractivity contribution in [1.82, 2.24) is 9.99 Å². The van der Waals surface area contributed by atoms with Crippen LogP contribution in [0.3, 0.4) is 0 Å². The van der Waals surface area contributed by atoms with Crippen LogP contribution in [-0.2, 0) is 0 Å². The molecule has 1 N–H and O–H groups in total. The first-order chi connectivity index (χ1) is 4.18. The molecular weight excluding hydrogens is 131 g/mol. The van der Waals surface area contributed by atoms with E-state index >= 15 is 0 Å². The summed E-state index contributed by atoms with van der Waals surface area (Å²) < 4.78 is 2.28. The van der Waals surface area contributed by atoms with Crippen LogP contribution in [0.2, 0.25) is 0 Å². The van der Waals surface area contributed by atoms with Crippen molar-refractivity contribution in [3.05, 3.63) is 0 Å². The molecule has 0 bridgehead atoms. The lowest BCUT2D eigenvalue weighted by molar-refractivity contribution is 0.280. The molecule has 54 valence electrons. The second kappa shape index (κ2) is 2.96. The largest absolute Gasteiger partial charge is 0.309 e. The fourth-order valence-corrected chi connectivity index (χ4v) is 2.00. The summed E-state index contributed by atoms with van der Waals surface area (Å²) in [6.45, 7) is 6.73. The van der Waals surface area contributed by atoms with Gasteiger partial charge in [-0.2, -0.15) is 0 Å². The van der Waals surface area contributed by atoms with Crippen molar-refractivity contribution in [1.29, 1.82) is 0 Å². The van der Waals surface area contributed by atoms with Crippen LogP contribution < -0.4 is 5.32 Å². The lowest BCUT2D eigenvalue weighted by Gasteiger charge is -2.33. The molecule has 1 saturated heterocycles. The Balaban J connectivity index is 2.34. The number of hydrogen-bond donors (Lipinski definition) is 1. The normalized spacial score (nSPS) is 39.0. The first-order valence-electron chi connectivity index (χ1n) is 3.44. The van der Waals surface area contributed by atoms with Crippen LogP contribution >= 0.6 is 9.39 Å². The number of rotatable bonds is 0. The van der Waals surface area contributed by atoms with Crippen molar-refractivity contribution < 1.29 is 0 Å². The van der Waals surface area contributed by atoms with Gasteiger partial charge in [0.05, 0.1) is 0 Å². The minimum atomic E-state index is 0.645. The monoisotopic (exact) mass is 146 g/mol. The van der Waals surface area contributed by atoms with Crippen LogP contribution in [0.15, 0.2) is 0 Å². The predicted octanol–water partition coefficient (Wildman–Crippen LogP) is 0.459. The van der Waals surface area contributed by atoms with Gasteiger partial charge in [-0.1, -0.05) is 9.39 Å². The zero-order valence-corrected chi connectivity index (χ0v) is 7.25. The summed E-state index contributed by atoms with van der Waals surface area (Å²) in [5, 5.41) is 3.45. The zero-order valence-electron chi connectivity index (χ0n) is 6.09. The molecule has 0 amide bonds. The fraction of sp³-hybridized carbons (Fsp3) is 1.00. The van der Waals surface area contributed by atoms with Crippen molar-refractivity contribution in [3.63, 3.8) is 0 Å². The van der Waals surface area contributed by atoms with E-state index in [0.29, 0.717) is 12.1 Å². The van der Waals surface area contributed by atoms with Gasteiger partial charge >= 0.3 is 0 Å². The van der Waals surface area contributed by atoms with E-state index in [4.69, 9.17) is 0 Å². The molecule has 0 aromatic rings. The summed E-state index contributed by atoms with van der Waals surface area (Å²) in [5.74, 6) is 0. The summed E-state index contributed by atoms with van der Waals surface area (Å²) >= 11 is 0. The Bertz CT molecular complexity index is 72.0. The summed E-state index contributed by atoms with van der Waals surface area (Å²) in [4.78, 5) is 0. The SMILES string of the molecule is CC1CN(P)CC(C)N1. The smallest absolute Gasteiger partial charge is 0.0172 e. The molecule has 0 aliphatic carbocycles. The Morgan fingerprint density at radius 2 is 1.78 bits per heavy atom. The first-order valence-corrected chi connectivity index (χ1v) is 3.96. The molecule has 0 radical (unpaired) electrons. The number of nitrogens with zero attached hydrogens (tertiary/aromatic N) is 1. The molecule has 0 spiro atoms. The van der Waals surface area contributed by atoms with Gasteiger partial charge in [-0.15, -0.1) is 0 Å². The van der Waals surface area contributed by atoms with Crippen molar-refractivity contribution in [2.24, 2.45) is 0 Å². The molecule has 0 aromatic heterocycles. The van der Waals surface area contributed by atoms with Crippen LogP contribution in [0.1, 0.15) is 13.8 Å². The van der Waals surface area contributed by atoms with Crippen LogP contribution in [0.5, 0.6) is 0 Å². The van der Waals surface area contributed by atoms with E-state index < -0.39 is 0 Å². The maximum absolute atomic E-state index is 3.45. The Labute approximate surface area is 59.3 Å². The maximum Gasteiger partial charge on any atom is 0.0172 e. The second-order valence-electron chi connectivity index (χ2n) is 2.92. The number of piperazine rings is 1. The molecule has 2 nitrogen and oxygen atoms in total. The van der Waals surface area contributed by atoms with Crippen LogP contribution in [0, 0.1) is 0 Å². The molecular formula is C6H15N2P. The third-order valence-corrected chi connectivity index (χ3v) is 2.01. The van der Waals surface area contributed by atoms with E-state index in [1.165, 1.54) is 0 Å². The Kier molecular flexibility index (Phi) is 2.45. The third kappa shape index (κ3) is 2.21. The van der Waals surface area contributed by atoms with Gasteiger partial charge in [-0.25, -0.2) is 0 Å². The summed E-state index contributed by atoms with van der Waals surface area (Å²) in [6.07, 6.45) is 0. The van der Waals surface area contributed by atoms with Gasteiger partial charge in [-0.3, -0.25) is 4.67 Å². The van der Waals surface area contributed by atoms with Crippen molar-refractivity contribution in [2.45, 2.75) is 25.9 Å². The molecule has 9 heavy (non-hydrogen) atoms. The molecule has 1 aliphatic rings. The number of nitrogens with one attached hydrogen (secondary N) is 1. The van der Waals surface area contributed by atoms with Gasteiger partial charge in [0.2, 0.25) is 0 Å². The van der Waals surface area contributed by atoms with Crippen LogP contribution in [0.4, 0.5) is 0 Å². The van der Waals surface area contributed by atoms with Crippen molar-refractivity contribution in [2.75, 3.05) is 13.1 Å². The average molecular weight is 146 g/mol. The molecule has 3 heteroatoms. The zero-order chi connectivity index (χ0) is 6.85. The molecule has 1 fully saturated rings. The molecule has 3 atom stereocenters. The fourth-order valence-electron chi connectivity index (χ4n) is 1.37. The van der Waals surface area contributed by atoms with Gasteiger partial charge in [-0.05, 0) is 13.8 Å². The Morgan fingerprint density at radius 1 is 1.33 bits per heavy atom. The Hall–Kier alpha value is 0.350. The second-order valence-corrected chi connectivity index (χ2v) is 3.65. The molecule has 1 rings (SSSR count). The van der Waals surface area contributed by atoms with Crippen molar-refractivity contribution in [3.8, 4) is 0 Å². The van der Waals surface area contributed by atoms with Gasteiger partial charge in [0.15, 0.2) is 0 Å². The molecule has 3 unspecified atom stereocenters. The lowest BCUT2D eigenvalue weighted by Crippen LogP contribution is -2.50. The minimum absolute atomic E-state index is 0.645. The van der Waals surface area contributed by atoms with Crippen LogP contribution in [0.25, 0.3) is 0 Å². The first kappa shape index (κ1) is 7.46. The number of hydrogen-bond acceptors (Lipinski definition) is 2. The van der Waals surface area contributed by atoms with Crippen molar-refractivity contribution >= 4 is 9.39 Å². The highest BCUT2D eigenvalue weighted by atomic mass is 31.0. The quantitative estimate of drug-likeness (QED) is 0.499. The maximum atomic E-state index is 3.45. The summed E-state index contributed by atoms with van der Waals surface area (Å²) in [7, 11) is 2.75. The van der Waals surface area contributed by atoms with Gasteiger partial charge in [0.1, 0.15) is 0 Å². The average Bonchev–Trinajstić information content (AvgIpc) is 1.59. The Morgan fingerprint density at radius 3 is 2.11 bits per heavy atom. The van der Waals surface area contributed by atoms with E-state index in [9.17, 15) is 0 Å². The van der Waals surface area contributed by atoms with E-state index in [2.05, 4.69) is 33.2 Å². The molecule has 1 heterocycles. The molecule has 0 saturated carbocycles. The molecule has 0 aromatic carbocycles. The van der Waals surface area contributed by atoms with Gasteiger partial charge in [0, 0.05) is 25.2 Å². The summed E-state index contributed by atoms with van der Waals surface area (Å²) in [6, 6.07) is 1.29. The van der Waals surface area contributed by atoms with Gasteiger partial charge in [0.25, 0.3) is 0 Å². The van der Waals surface area contributed by atoms with E-state index in [-0.39, 0.29) is 0 Å². The minimum Gasteiger partial charge on any atom is -0.309 e. The van der Waals surface area contributed by atoms with E-state index in [1.807, 2.05) is 0 Å². The third-order valence-electron chi connectivity index (χ3n) is 1.59. The highest BCUT2D eigenvalue weighted by molar-refractivity contribution is 7.13. The predicted molar refractivity (Wildman–Crippen MR) is 43.3 cm³/mol. The highest BCUT2D eigenvalue weighted by Gasteiger charge is 2.16. The summed E-state index contributed by atoms with van der Waals surface area (Å²) in [5.41, 5.74) is 0.